The summed E-state index contributed by atoms with van der Waals surface area (Å²) in [5, 5.41) is 22.5. The molecule has 2 N–H and O–H groups in total. The molecule has 1 aromatic heterocycles. The Kier molecular flexibility index (Phi) is 3.52. The van der Waals surface area contributed by atoms with Crippen molar-refractivity contribution in [3.8, 4) is 11.4 Å². The molecule has 0 radical (unpaired) electrons. The van der Waals surface area contributed by atoms with Crippen molar-refractivity contribution in [3.63, 3.8) is 0 Å². The van der Waals surface area contributed by atoms with E-state index in [1.807, 2.05) is 0 Å². The van der Waals surface area contributed by atoms with Crippen molar-refractivity contribution < 1.29 is 15.0 Å². The van der Waals surface area contributed by atoms with Gasteiger partial charge in [0.2, 0.25) is 5.69 Å². The fourth-order valence-electron chi connectivity index (χ4n) is 1.39. The lowest BCUT2D eigenvalue weighted by Gasteiger charge is -2.07. The van der Waals surface area contributed by atoms with Crippen LogP contribution in [-0.4, -0.2) is 26.0 Å². The van der Waals surface area contributed by atoms with Crippen LogP contribution in [0, 0.1) is 0 Å². The second-order valence-electron chi connectivity index (χ2n) is 3.33. The molecule has 5 nitrogen and oxygen atoms in total. The summed E-state index contributed by atoms with van der Waals surface area (Å²) in [7, 11) is 0. The van der Waals surface area contributed by atoms with Gasteiger partial charge in [-0.1, -0.05) is 39.1 Å². The van der Waals surface area contributed by atoms with E-state index in [0.717, 1.165) is 10.9 Å². The number of rotatable bonds is 2. The van der Waals surface area contributed by atoms with E-state index in [4.69, 9.17) is 28.3 Å². The van der Waals surface area contributed by atoms with Gasteiger partial charge in [-0.2, -0.15) is 5.10 Å². The predicted octanol–water partition coefficient (Wildman–Crippen LogP) is 3.35. The van der Waals surface area contributed by atoms with Crippen LogP contribution in [0.3, 0.4) is 0 Å². The number of aromatic carboxylic acids is 1. The standard InChI is InChI=1S/C10H5BrCl2N2O3/c11-4-1-5(12)9(6(13)2-4)15-3-7(16)8(14-15)10(17)18/h1-3,16H,(H,17,18). The lowest BCUT2D eigenvalue weighted by atomic mass is 10.3. The Morgan fingerprint density at radius 2 is 1.89 bits per heavy atom. The summed E-state index contributed by atoms with van der Waals surface area (Å²) >= 11 is 15.2. The van der Waals surface area contributed by atoms with E-state index in [1.54, 1.807) is 12.1 Å². The van der Waals surface area contributed by atoms with Crippen molar-refractivity contribution in [1.82, 2.24) is 9.78 Å². The number of benzene rings is 1. The summed E-state index contributed by atoms with van der Waals surface area (Å²) in [5.41, 5.74) is -0.172. The average Bonchev–Trinajstić information content (AvgIpc) is 2.58. The molecule has 0 saturated carbocycles. The number of carboxylic acid groups (broad SMARTS) is 1. The fraction of sp³-hybridized carbons (Fsp3) is 0. The second kappa shape index (κ2) is 4.79. The zero-order valence-electron chi connectivity index (χ0n) is 8.56. The number of carboxylic acids is 1. The first kappa shape index (κ1) is 13.2. The molecule has 0 saturated heterocycles. The highest BCUT2D eigenvalue weighted by Gasteiger charge is 2.18. The summed E-state index contributed by atoms with van der Waals surface area (Å²) in [6.45, 7) is 0. The summed E-state index contributed by atoms with van der Waals surface area (Å²) in [6, 6.07) is 3.17. The van der Waals surface area contributed by atoms with Crippen molar-refractivity contribution >= 4 is 45.1 Å². The SMILES string of the molecule is O=C(O)c1nn(-c2c(Cl)cc(Br)cc2Cl)cc1O. The van der Waals surface area contributed by atoms with E-state index in [0.29, 0.717) is 10.2 Å². The number of carbonyl (C=O) groups is 1. The molecule has 2 rings (SSSR count). The summed E-state index contributed by atoms with van der Waals surface area (Å²) in [4.78, 5) is 10.8. The van der Waals surface area contributed by atoms with Gasteiger partial charge >= 0.3 is 5.97 Å². The molecule has 94 valence electrons. The number of hydrogen-bond acceptors (Lipinski definition) is 3. The van der Waals surface area contributed by atoms with Gasteiger partial charge in [0.25, 0.3) is 0 Å². The fourth-order valence-corrected chi connectivity index (χ4v) is 2.77. The third kappa shape index (κ3) is 2.31. The van der Waals surface area contributed by atoms with Gasteiger partial charge in [-0.05, 0) is 12.1 Å². The Balaban J connectivity index is 2.63. The van der Waals surface area contributed by atoms with E-state index in [1.165, 1.54) is 0 Å². The van der Waals surface area contributed by atoms with Gasteiger partial charge in [0.05, 0.1) is 16.2 Å². The highest BCUT2D eigenvalue weighted by Crippen LogP contribution is 2.33. The molecule has 8 heteroatoms. The Morgan fingerprint density at radius 1 is 1.33 bits per heavy atom. The Morgan fingerprint density at radius 3 is 2.33 bits per heavy atom. The first-order chi connectivity index (χ1) is 8.40. The van der Waals surface area contributed by atoms with E-state index >= 15 is 0 Å². The average molecular weight is 352 g/mol. The summed E-state index contributed by atoms with van der Waals surface area (Å²) in [6.07, 6.45) is 1.13. The molecule has 1 aromatic carbocycles. The van der Waals surface area contributed by atoms with Crippen molar-refractivity contribution in [2.45, 2.75) is 0 Å². The second-order valence-corrected chi connectivity index (χ2v) is 5.06. The van der Waals surface area contributed by atoms with E-state index in [9.17, 15) is 9.90 Å². The van der Waals surface area contributed by atoms with Gasteiger partial charge < -0.3 is 10.2 Å². The molecular formula is C10H5BrCl2N2O3. The zero-order chi connectivity index (χ0) is 13.4. The zero-order valence-corrected chi connectivity index (χ0v) is 11.7. The maximum absolute atomic E-state index is 10.8. The van der Waals surface area contributed by atoms with Crippen molar-refractivity contribution in [2.75, 3.05) is 0 Å². The van der Waals surface area contributed by atoms with Crippen LogP contribution in [0.1, 0.15) is 10.5 Å². The van der Waals surface area contributed by atoms with Crippen molar-refractivity contribution in [1.29, 1.82) is 0 Å². The molecule has 1 heterocycles. The van der Waals surface area contributed by atoms with Crippen LogP contribution in [-0.2, 0) is 0 Å². The smallest absolute Gasteiger partial charge is 0.360 e. The Hall–Kier alpha value is -1.24. The quantitative estimate of drug-likeness (QED) is 0.870. The monoisotopic (exact) mass is 350 g/mol. The number of aromatic hydroxyl groups is 1. The van der Waals surface area contributed by atoms with Crippen LogP contribution >= 0.6 is 39.1 Å². The van der Waals surface area contributed by atoms with Crippen LogP contribution in [0.2, 0.25) is 10.0 Å². The Labute approximate surface area is 120 Å². The minimum atomic E-state index is -1.34. The molecule has 0 amide bonds. The highest BCUT2D eigenvalue weighted by molar-refractivity contribution is 9.10. The minimum Gasteiger partial charge on any atom is -0.504 e. The van der Waals surface area contributed by atoms with Crippen LogP contribution in [0.5, 0.6) is 5.75 Å². The van der Waals surface area contributed by atoms with Gasteiger partial charge in [-0.25, -0.2) is 9.48 Å². The predicted molar refractivity (Wildman–Crippen MR) is 69.9 cm³/mol. The third-order valence-corrected chi connectivity index (χ3v) is 3.14. The topological polar surface area (TPSA) is 75.3 Å². The molecule has 0 bridgehead atoms. The normalized spacial score (nSPS) is 10.6. The number of halogens is 3. The van der Waals surface area contributed by atoms with Gasteiger partial charge in [0, 0.05) is 4.47 Å². The van der Waals surface area contributed by atoms with Gasteiger partial charge in [-0.15, -0.1) is 0 Å². The number of hydrogen-bond donors (Lipinski definition) is 2. The van der Waals surface area contributed by atoms with Crippen LogP contribution in [0.15, 0.2) is 22.8 Å². The minimum absolute atomic E-state index is 0.272. The van der Waals surface area contributed by atoms with E-state index in [-0.39, 0.29) is 10.0 Å². The molecule has 0 fully saturated rings. The molecule has 0 aliphatic carbocycles. The highest BCUT2D eigenvalue weighted by atomic mass is 79.9. The molecular weight excluding hydrogens is 347 g/mol. The molecule has 0 aliphatic rings. The van der Waals surface area contributed by atoms with Crippen LogP contribution < -0.4 is 0 Å². The van der Waals surface area contributed by atoms with Crippen molar-refractivity contribution in [3.05, 3.63) is 38.5 Å². The summed E-state index contributed by atoms with van der Waals surface area (Å²) in [5.74, 6) is -1.80. The Bertz CT molecular complexity index is 619. The van der Waals surface area contributed by atoms with Gasteiger partial charge in [0.15, 0.2) is 5.75 Å². The molecule has 0 atom stereocenters. The van der Waals surface area contributed by atoms with Gasteiger partial charge in [0.1, 0.15) is 5.69 Å². The van der Waals surface area contributed by atoms with E-state index in [2.05, 4.69) is 21.0 Å². The first-order valence-corrected chi connectivity index (χ1v) is 6.12. The van der Waals surface area contributed by atoms with E-state index < -0.39 is 17.4 Å². The largest absolute Gasteiger partial charge is 0.504 e. The maximum atomic E-state index is 10.8. The molecule has 0 unspecified atom stereocenters. The summed E-state index contributed by atoms with van der Waals surface area (Å²) < 4.78 is 1.80. The third-order valence-electron chi connectivity index (χ3n) is 2.11. The van der Waals surface area contributed by atoms with Crippen molar-refractivity contribution in [2.24, 2.45) is 0 Å². The van der Waals surface area contributed by atoms with Crippen LogP contribution in [0.25, 0.3) is 5.69 Å². The number of aromatic nitrogens is 2. The first-order valence-electron chi connectivity index (χ1n) is 4.57. The van der Waals surface area contributed by atoms with Gasteiger partial charge in [-0.3, -0.25) is 0 Å². The molecule has 18 heavy (non-hydrogen) atoms. The lowest BCUT2D eigenvalue weighted by molar-refractivity contribution is 0.0687. The maximum Gasteiger partial charge on any atom is 0.360 e. The molecule has 0 aliphatic heterocycles. The lowest BCUT2D eigenvalue weighted by Crippen LogP contribution is -2.02. The molecule has 0 spiro atoms. The number of nitrogens with zero attached hydrogens (tertiary/aromatic N) is 2. The molecule has 2 aromatic rings. The van der Waals surface area contributed by atoms with Crippen LogP contribution in [0.4, 0.5) is 0 Å².